The second-order valence-corrected chi connectivity index (χ2v) is 5.95. The van der Waals surface area contributed by atoms with E-state index in [1.165, 1.54) is 11.6 Å². The van der Waals surface area contributed by atoms with Crippen molar-refractivity contribution < 1.29 is 9.13 Å². The molecule has 0 fully saturated rings. The minimum absolute atomic E-state index is 0.226. The summed E-state index contributed by atoms with van der Waals surface area (Å²) in [6.07, 6.45) is 1.29. The molecule has 0 aliphatic rings. The fourth-order valence-electron chi connectivity index (χ4n) is 2.66. The number of ether oxygens (including phenoxy) is 1. The highest BCUT2D eigenvalue weighted by Crippen LogP contribution is 2.25. The first kappa shape index (κ1) is 15.5. The van der Waals surface area contributed by atoms with Gasteiger partial charge in [-0.15, -0.1) is 0 Å². The minimum atomic E-state index is -0.463. The van der Waals surface area contributed by atoms with Crippen molar-refractivity contribution in [3.05, 3.63) is 65.0 Å². The van der Waals surface area contributed by atoms with Crippen molar-refractivity contribution >= 4 is 0 Å². The molecule has 0 spiro atoms. The predicted molar refractivity (Wildman–Crippen MR) is 84.1 cm³/mol. The summed E-state index contributed by atoms with van der Waals surface area (Å²) in [7, 11) is 1.66. The van der Waals surface area contributed by atoms with Crippen LogP contribution in [0.2, 0.25) is 0 Å². The fourth-order valence-corrected chi connectivity index (χ4v) is 2.66. The van der Waals surface area contributed by atoms with E-state index in [1.807, 2.05) is 32.0 Å². The second kappa shape index (κ2) is 6.27. The van der Waals surface area contributed by atoms with Crippen molar-refractivity contribution in [2.24, 2.45) is 5.73 Å². The van der Waals surface area contributed by atoms with Crippen LogP contribution in [-0.4, -0.2) is 12.6 Å². The Labute approximate surface area is 125 Å². The molecular formula is C18H22FNO. The lowest BCUT2D eigenvalue weighted by Crippen LogP contribution is -2.41. The Morgan fingerprint density at radius 1 is 1.14 bits per heavy atom. The van der Waals surface area contributed by atoms with Gasteiger partial charge in [0, 0.05) is 5.54 Å². The highest BCUT2D eigenvalue weighted by Gasteiger charge is 2.22. The van der Waals surface area contributed by atoms with Crippen molar-refractivity contribution in [2.75, 3.05) is 7.11 Å². The number of hydrogen-bond donors (Lipinski definition) is 1. The van der Waals surface area contributed by atoms with E-state index in [-0.39, 0.29) is 5.82 Å². The van der Waals surface area contributed by atoms with Gasteiger partial charge in [-0.2, -0.15) is 0 Å². The lowest BCUT2D eigenvalue weighted by atomic mass is 9.86. The van der Waals surface area contributed by atoms with E-state index in [2.05, 4.69) is 6.07 Å². The summed E-state index contributed by atoms with van der Waals surface area (Å²) >= 11 is 0. The van der Waals surface area contributed by atoms with Gasteiger partial charge >= 0.3 is 0 Å². The maximum atomic E-state index is 13.3. The third-order valence-corrected chi connectivity index (χ3v) is 3.53. The molecular weight excluding hydrogens is 265 g/mol. The Morgan fingerprint density at radius 2 is 1.90 bits per heavy atom. The first-order valence-corrected chi connectivity index (χ1v) is 7.06. The molecule has 0 aliphatic carbocycles. The molecule has 2 rings (SSSR count). The molecule has 2 N–H and O–H groups in total. The molecule has 0 aliphatic heterocycles. The van der Waals surface area contributed by atoms with Gasteiger partial charge in [0.15, 0.2) is 0 Å². The number of benzene rings is 2. The number of hydrogen-bond acceptors (Lipinski definition) is 2. The zero-order chi connectivity index (χ0) is 15.5. The van der Waals surface area contributed by atoms with Crippen LogP contribution >= 0.6 is 0 Å². The van der Waals surface area contributed by atoms with Crippen molar-refractivity contribution in [3.63, 3.8) is 0 Å². The molecule has 2 aromatic rings. The maximum Gasteiger partial charge on any atom is 0.123 e. The van der Waals surface area contributed by atoms with Gasteiger partial charge in [-0.1, -0.05) is 29.8 Å². The summed E-state index contributed by atoms with van der Waals surface area (Å²) in [5.74, 6) is 0.618. The summed E-state index contributed by atoms with van der Waals surface area (Å²) in [4.78, 5) is 0. The highest BCUT2D eigenvalue weighted by molar-refractivity contribution is 5.38. The average Bonchev–Trinajstić information content (AvgIpc) is 2.37. The second-order valence-electron chi connectivity index (χ2n) is 5.95. The molecule has 21 heavy (non-hydrogen) atoms. The first-order valence-electron chi connectivity index (χ1n) is 7.06. The molecule has 0 bridgehead atoms. The van der Waals surface area contributed by atoms with Crippen LogP contribution in [0.25, 0.3) is 0 Å². The molecule has 1 atom stereocenters. The molecule has 2 aromatic carbocycles. The molecule has 0 heterocycles. The Balaban J connectivity index is 2.19. The largest absolute Gasteiger partial charge is 0.496 e. The van der Waals surface area contributed by atoms with Crippen molar-refractivity contribution in [2.45, 2.75) is 32.2 Å². The summed E-state index contributed by atoms with van der Waals surface area (Å²) in [6, 6.07) is 12.7. The minimum Gasteiger partial charge on any atom is -0.496 e. The molecule has 2 nitrogen and oxygen atoms in total. The molecule has 0 saturated carbocycles. The van der Waals surface area contributed by atoms with Crippen LogP contribution in [0, 0.1) is 12.7 Å². The Hall–Kier alpha value is -1.87. The van der Waals surface area contributed by atoms with E-state index in [0.717, 1.165) is 16.9 Å². The van der Waals surface area contributed by atoms with Crippen LogP contribution in [0.4, 0.5) is 4.39 Å². The van der Waals surface area contributed by atoms with Crippen LogP contribution in [-0.2, 0) is 12.8 Å². The van der Waals surface area contributed by atoms with Gasteiger partial charge in [0.2, 0.25) is 0 Å². The number of halogens is 1. The van der Waals surface area contributed by atoms with Crippen LogP contribution in [0.5, 0.6) is 5.75 Å². The summed E-state index contributed by atoms with van der Waals surface area (Å²) < 4.78 is 18.7. The zero-order valence-electron chi connectivity index (χ0n) is 12.8. The lowest BCUT2D eigenvalue weighted by Gasteiger charge is -2.26. The molecule has 112 valence electrons. The SMILES string of the molecule is COc1ccc(C)cc1CC(C)(N)Cc1cccc(F)c1. The van der Waals surface area contributed by atoms with Crippen LogP contribution in [0.3, 0.4) is 0 Å². The van der Waals surface area contributed by atoms with Gasteiger partial charge in [0.25, 0.3) is 0 Å². The third-order valence-electron chi connectivity index (χ3n) is 3.53. The quantitative estimate of drug-likeness (QED) is 0.911. The standard InChI is InChI=1S/C18H22FNO/c1-13-7-8-17(21-3)15(9-13)12-18(2,20)11-14-5-4-6-16(19)10-14/h4-10H,11-12,20H2,1-3H3. The van der Waals surface area contributed by atoms with Crippen LogP contribution in [0.15, 0.2) is 42.5 Å². The van der Waals surface area contributed by atoms with Gasteiger partial charge in [0.05, 0.1) is 7.11 Å². The van der Waals surface area contributed by atoms with E-state index in [4.69, 9.17) is 10.5 Å². The van der Waals surface area contributed by atoms with Gasteiger partial charge in [0.1, 0.15) is 11.6 Å². The van der Waals surface area contributed by atoms with Gasteiger partial charge in [-0.3, -0.25) is 0 Å². The van der Waals surface area contributed by atoms with Crippen LogP contribution in [0.1, 0.15) is 23.6 Å². The predicted octanol–water partition coefficient (Wildman–Crippen LogP) is 3.65. The smallest absolute Gasteiger partial charge is 0.123 e. The van der Waals surface area contributed by atoms with E-state index in [1.54, 1.807) is 19.2 Å². The number of nitrogens with two attached hydrogens (primary N) is 1. The normalized spacial score (nSPS) is 13.8. The monoisotopic (exact) mass is 287 g/mol. The molecule has 3 heteroatoms. The van der Waals surface area contributed by atoms with Crippen molar-refractivity contribution in [1.29, 1.82) is 0 Å². The number of aryl methyl sites for hydroxylation is 1. The zero-order valence-corrected chi connectivity index (χ0v) is 12.8. The van der Waals surface area contributed by atoms with E-state index < -0.39 is 5.54 Å². The van der Waals surface area contributed by atoms with E-state index in [9.17, 15) is 4.39 Å². The van der Waals surface area contributed by atoms with Crippen LogP contribution < -0.4 is 10.5 Å². The fraction of sp³-hybridized carbons (Fsp3) is 0.333. The molecule has 1 unspecified atom stereocenters. The summed E-state index contributed by atoms with van der Waals surface area (Å²) in [6.45, 7) is 4.03. The summed E-state index contributed by atoms with van der Waals surface area (Å²) in [5, 5.41) is 0. The molecule has 0 saturated heterocycles. The van der Waals surface area contributed by atoms with Crippen molar-refractivity contribution in [3.8, 4) is 5.75 Å². The van der Waals surface area contributed by atoms with Gasteiger partial charge in [-0.05, 0) is 56.0 Å². The molecule has 0 amide bonds. The van der Waals surface area contributed by atoms with E-state index >= 15 is 0 Å². The number of methoxy groups -OCH3 is 1. The summed E-state index contributed by atoms with van der Waals surface area (Å²) in [5.41, 5.74) is 9.13. The van der Waals surface area contributed by atoms with Gasteiger partial charge < -0.3 is 10.5 Å². The maximum absolute atomic E-state index is 13.3. The first-order chi connectivity index (χ1) is 9.89. The average molecular weight is 287 g/mol. The third kappa shape index (κ3) is 4.30. The molecule has 0 aromatic heterocycles. The Kier molecular flexibility index (Phi) is 4.63. The number of rotatable bonds is 5. The Morgan fingerprint density at radius 3 is 2.57 bits per heavy atom. The molecule has 0 radical (unpaired) electrons. The Bertz CT molecular complexity index is 622. The lowest BCUT2D eigenvalue weighted by molar-refractivity contribution is 0.396. The van der Waals surface area contributed by atoms with Crippen molar-refractivity contribution in [1.82, 2.24) is 0 Å². The van der Waals surface area contributed by atoms with E-state index in [0.29, 0.717) is 12.8 Å². The van der Waals surface area contributed by atoms with Gasteiger partial charge in [-0.25, -0.2) is 4.39 Å². The highest BCUT2D eigenvalue weighted by atomic mass is 19.1. The topological polar surface area (TPSA) is 35.2 Å².